The number of ether oxygens (including phenoxy) is 1. The summed E-state index contributed by atoms with van der Waals surface area (Å²) in [6.07, 6.45) is 3.73. The van der Waals surface area contributed by atoms with Crippen molar-refractivity contribution in [1.29, 1.82) is 0 Å². The molecule has 0 aliphatic heterocycles. The standard InChI is InChI=1S/C39H30N2O.Pt/c1-38(2,3)28-21-23-40-36(26-28)27-12-10-14-30(24-27)42-31-15-11-13-29(25-31)39(37-20-8-9-22-41-37)34-18-6-4-16-32(34)33-17-5-7-19-35(33)39;/h4-23,26H,1-3H3;/q-2;+2. The van der Waals surface area contributed by atoms with Crippen molar-refractivity contribution in [3.63, 3.8) is 0 Å². The van der Waals surface area contributed by atoms with Gasteiger partial charge in [0.15, 0.2) is 0 Å². The van der Waals surface area contributed by atoms with Crippen molar-refractivity contribution >= 4 is 0 Å². The third kappa shape index (κ3) is 5.02. The Kier molecular flexibility index (Phi) is 7.62. The van der Waals surface area contributed by atoms with Gasteiger partial charge in [-0.1, -0.05) is 87.5 Å². The monoisotopic (exact) mass is 737 g/mol. The van der Waals surface area contributed by atoms with Crippen LogP contribution in [0.25, 0.3) is 22.4 Å². The van der Waals surface area contributed by atoms with Gasteiger partial charge in [-0.2, -0.15) is 12.1 Å². The molecule has 212 valence electrons. The molecule has 3 nitrogen and oxygen atoms in total. The number of pyridine rings is 2. The molecular weight excluding hydrogens is 708 g/mol. The van der Waals surface area contributed by atoms with E-state index in [0.29, 0.717) is 11.5 Å². The number of fused-ring (bicyclic) bond motifs is 3. The number of hydrogen-bond donors (Lipinski definition) is 0. The van der Waals surface area contributed by atoms with Gasteiger partial charge in [0.05, 0.1) is 11.1 Å². The number of aromatic nitrogens is 2. The van der Waals surface area contributed by atoms with Crippen LogP contribution in [0.4, 0.5) is 0 Å². The molecule has 4 aromatic carbocycles. The predicted octanol–water partition coefficient (Wildman–Crippen LogP) is 9.19. The molecule has 0 radical (unpaired) electrons. The van der Waals surface area contributed by atoms with Gasteiger partial charge in [0.2, 0.25) is 0 Å². The molecular formula is C39H30N2OPt. The van der Waals surface area contributed by atoms with Crippen molar-refractivity contribution in [2.24, 2.45) is 0 Å². The minimum Gasteiger partial charge on any atom is -0.503 e. The maximum Gasteiger partial charge on any atom is 2.00 e. The molecule has 2 aromatic heterocycles. The van der Waals surface area contributed by atoms with E-state index in [2.05, 4.69) is 117 Å². The van der Waals surface area contributed by atoms with Gasteiger partial charge < -0.3 is 9.72 Å². The van der Waals surface area contributed by atoms with Crippen LogP contribution in [-0.2, 0) is 31.9 Å². The van der Waals surface area contributed by atoms with E-state index in [9.17, 15) is 0 Å². The van der Waals surface area contributed by atoms with Gasteiger partial charge in [0.1, 0.15) is 0 Å². The molecule has 7 rings (SSSR count). The second-order valence-corrected chi connectivity index (χ2v) is 11.7. The van der Waals surface area contributed by atoms with Crippen LogP contribution in [0.1, 0.15) is 48.7 Å². The van der Waals surface area contributed by atoms with Gasteiger partial charge >= 0.3 is 21.1 Å². The number of nitrogens with zero attached hydrogens (tertiary/aromatic N) is 2. The molecule has 0 atom stereocenters. The molecule has 0 saturated carbocycles. The Balaban J connectivity index is 0.00000329. The van der Waals surface area contributed by atoms with Crippen molar-refractivity contribution in [2.75, 3.05) is 0 Å². The molecule has 0 N–H and O–H groups in total. The fraction of sp³-hybridized carbons (Fsp3) is 0.128. The third-order valence-electron chi connectivity index (χ3n) is 8.06. The molecule has 0 fully saturated rings. The van der Waals surface area contributed by atoms with Gasteiger partial charge in [-0.25, -0.2) is 0 Å². The molecule has 43 heavy (non-hydrogen) atoms. The topological polar surface area (TPSA) is 35.0 Å². The maximum atomic E-state index is 6.44. The molecule has 0 spiro atoms. The fourth-order valence-corrected chi connectivity index (χ4v) is 6.07. The van der Waals surface area contributed by atoms with Crippen molar-refractivity contribution in [3.8, 4) is 33.9 Å². The first-order valence-corrected chi connectivity index (χ1v) is 14.3. The van der Waals surface area contributed by atoms with Gasteiger partial charge in [0, 0.05) is 23.9 Å². The third-order valence-corrected chi connectivity index (χ3v) is 8.06. The summed E-state index contributed by atoms with van der Waals surface area (Å²) in [5.41, 5.74) is 9.13. The molecule has 1 aliphatic carbocycles. The average Bonchev–Trinajstić information content (AvgIpc) is 3.33. The minimum atomic E-state index is -0.628. The van der Waals surface area contributed by atoms with Gasteiger partial charge in [-0.3, -0.25) is 4.98 Å². The molecule has 4 heteroatoms. The van der Waals surface area contributed by atoms with Crippen molar-refractivity contribution < 1.29 is 25.8 Å². The van der Waals surface area contributed by atoms with Crippen molar-refractivity contribution in [2.45, 2.75) is 31.6 Å². The second-order valence-electron chi connectivity index (χ2n) is 11.7. The van der Waals surface area contributed by atoms with E-state index in [1.165, 1.54) is 27.8 Å². The normalized spacial score (nSPS) is 13.0. The largest absolute Gasteiger partial charge is 2.00 e. The average molecular weight is 738 g/mol. The number of benzene rings is 4. The summed E-state index contributed by atoms with van der Waals surface area (Å²) < 4.78 is 6.44. The zero-order valence-corrected chi connectivity index (χ0v) is 26.5. The molecule has 1 aliphatic rings. The van der Waals surface area contributed by atoms with Gasteiger partial charge in [-0.15, -0.1) is 41.5 Å². The summed E-state index contributed by atoms with van der Waals surface area (Å²) in [6, 6.07) is 46.7. The van der Waals surface area contributed by atoms with Crippen LogP contribution in [0.2, 0.25) is 0 Å². The summed E-state index contributed by atoms with van der Waals surface area (Å²) in [5, 5.41) is 0. The van der Waals surface area contributed by atoms with Crippen LogP contribution >= 0.6 is 0 Å². The van der Waals surface area contributed by atoms with Crippen LogP contribution in [-0.4, -0.2) is 9.97 Å². The van der Waals surface area contributed by atoms with Crippen LogP contribution in [0, 0.1) is 12.1 Å². The first-order chi connectivity index (χ1) is 20.4. The van der Waals surface area contributed by atoms with E-state index >= 15 is 0 Å². The molecule has 0 amide bonds. The van der Waals surface area contributed by atoms with Gasteiger partial charge in [0.25, 0.3) is 0 Å². The van der Waals surface area contributed by atoms with Crippen molar-refractivity contribution in [3.05, 3.63) is 168 Å². The zero-order valence-electron chi connectivity index (χ0n) is 24.2. The molecule has 0 saturated heterocycles. The van der Waals surface area contributed by atoms with E-state index in [0.717, 1.165) is 22.5 Å². The second kappa shape index (κ2) is 11.4. The van der Waals surface area contributed by atoms with E-state index < -0.39 is 5.41 Å². The number of hydrogen-bond acceptors (Lipinski definition) is 3. The van der Waals surface area contributed by atoms with Crippen LogP contribution < -0.4 is 4.74 Å². The predicted molar refractivity (Wildman–Crippen MR) is 168 cm³/mol. The van der Waals surface area contributed by atoms with Crippen LogP contribution in [0.15, 0.2) is 128 Å². The molecule has 2 heterocycles. The Hall–Kier alpha value is -4.33. The maximum absolute atomic E-state index is 6.44. The Bertz CT molecular complexity index is 1860. The first-order valence-electron chi connectivity index (χ1n) is 14.3. The summed E-state index contributed by atoms with van der Waals surface area (Å²) in [4.78, 5) is 9.54. The van der Waals surface area contributed by atoms with Crippen molar-refractivity contribution in [1.82, 2.24) is 9.97 Å². The SMILES string of the molecule is CC(C)(C)c1ccnc(-c2[c-]c(Oc3[c-]c(C4(c5ccccn5)c5ccccc5-c5ccccc54)ccc3)ccc2)c1.[Pt+2]. The van der Waals surface area contributed by atoms with Crippen LogP contribution in [0.3, 0.4) is 0 Å². The summed E-state index contributed by atoms with van der Waals surface area (Å²) in [7, 11) is 0. The summed E-state index contributed by atoms with van der Waals surface area (Å²) >= 11 is 0. The van der Waals surface area contributed by atoms with E-state index in [1.807, 2.05) is 48.8 Å². The Morgan fingerprint density at radius 1 is 0.628 bits per heavy atom. The summed E-state index contributed by atoms with van der Waals surface area (Å²) in [5.74, 6) is 1.23. The summed E-state index contributed by atoms with van der Waals surface area (Å²) in [6.45, 7) is 6.62. The molecule has 0 unspecified atom stereocenters. The Morgan fingerprint density at radius 2 is 1.28 bits per heavy atom. The Labute approximate surface area is 267 Å². The quantitative estimate of drug-likeness (QED) is 0.165. The Morgan fingerprint density at radius 3 is 1.95 bits per heavy atom. The fourth-order valence-electron chi connectivity index (χ4n) is 6.07. The smallest absolute Gasteiger partial charge is 0.503 e. The molecule has 0 bridgehead atoms. The molecule has 6 aromatic rings. The zero-order chi connectivity index (χ0) is 28.7. The van der Waals surface area contributed by atoms with E-state index in [1.54, 1.807) is 0 Å². The van der Waals surface area contributed by atoms with E-state index in [4.69, 9.17) is 9.72 Å². The van der Waals surface area contributed by atoms with Crippen LogP contribution in [0.5, 0.6) is 11.5 Å². The van der Waals surface area contributed by atoms with Gasteiger partial charge in [-0.05, 0) is 57.1 Å². The van der Waals surface area contributed by atoms with E-state index in [-0.39, 0.29) is 26.5 Å². The minimum absolute atomic E-state index is 0. The number of rotatable bonds is 5. The first kappa shape index (κ1) is 28.8.